The zero-order valence-corrected chi connectivity index (χ0v) is 8.95. The van der Waals surface area contributed by atoms with Crippen molar-refractivity contribution in [1.82, 2.24) is 0 Å². The molecule has 1 unspecified atom stereocenters. The molecule has 0 amide bonds. The maximum absolute atomic E-state index is 5.90. The quantitative estimate of drug-likeness (QED) is 0.695. The minimum absolute atomic E-state index is 0.391. The molecule has 0 heterocycles. The second-order valence-corrected chi connectivity index (χ2v) is 5.38. The van der Waals surface area contributed by atoms with Crippen LogP contribution in [-0.2, 0) is 0 Å². The highest BCUT2D eigenvalue weighted by Gasteiger charge is 2.05. The van der Waals surface area contributed by atoms with Gasteiger partial charge in [0.1, 0.15) is 0 Å². The van der Waals surface area contributed by atoms with Gasteiger partial charge in [0.15, 0.2) is 0 Å². The van der Waals surface area contributed by atoms with Crippen LogP contribution >= 0.6 is 11.8 Å². The molecule has 0 spiro atoms. The maximum atomic E-state index is 5.90. The Hall–Kier alpha value is 0.310. The smallest absolute Gasteiger partial charge is 0.0132 e. The van der Waals surface area contributed by atoms with Crippen LogP contribution in [0.3, 0.4) is 0 Å². The van der Waals surface area contributed by atoms with Crippen molar-refractivity contribution in [3.63, 3.8) is 0 Å². The summed E-state index contributed by atoms with van der Waals surface area (Å²) in [5, 5.41) is 0.716. The third kappa shape index (κ3) is 8.21. The molecule has 0 bridgehead atoms. The summed E-state index contributed by atoms with van der Waals surface area (Å²) >= 11 is 1.96. The van der Waals surface area contributed by atoms with Gasteiger partial charge < -0.3 is 5.73 Å². The fraction of sp³-hybridized carbons (Fsp3) is 1.00. The molecule has 2 N–H and O–H groups in total. The Kier molecular flexibility index (Phi) is 6.06. The van der Waals surface area contributed by atoms with Crippen LogP contribution in [0.5, 0.6) is 0 Å². The van der Waals surface area contributed by atoms with E-state index in [0.717, 1.165) is 18.1 Å². The largest absolute Gasteiger partial charge is 0.327 e. The van der Waals surface area contributed by atoms with Gasteiger partial charge in [-0.2, -0.15) is 11.8 Å². The van der Waals surface area contributed by atoms with Crippen molar-refractivity contribution in [1.29, 1.82) is 0 Å². The number of hydrogen-bond acceptors (Lipinski definition) is 2. The average molecular weight is 175 g/mol. The molecular weight excluding hydrogens is 154 g/mol. The first kappa shape index (κ1) is 11.3. The Bertz CT molecular complexity index is 91.6. The van der Waals surface area contributed by atoms with Gasteiger partial charge in [-0.3, -0.25) is 0 Å². The minimum atomic E-state index is 0.391. The van der Waals surface area contributed by atoms with E-state index in [2.05, 4.69) is 27.7 Å². The summed E-state index contributed by atoms with van der Waals surface area (Å²) in [7, 11) is 0. The molecule has 0 saturated heterocycles. The minimum Gasteiger partial charge on any atom is -0.327 e. The standard InChI is InChI=1S/C9H21NS/c1-7(2)5-9(10)6-11-8(3)4/h7-9H,5-6,10H2,1-4H3. The normalized spacial score (nSPS) is 14.5. The van der Waals surface area contributed by atoms with Crippen LogP contribution in [0, 0.1) is 5.92 Å². The van der Waals surface area contributed by atoms with Crippen molar-refractivity contribution in [2.45, 2.75) is 45.4 Å². The van der Waals surface area contributed by atoms with Gasteiger partial charge in [0.05, 0.1) is 0 Å². The second kappa shape index (κ2) is 5.90. The van der Waals surface area contributed by atoms with Crippen LogP contribution in [0.1, 0.15) is 34.1 Å². The third-order valence-corrected chi connectivity index (χ3v) is 2.71. The lowest BCUT2D eigenvalue weighted by atomic mass is 10.1. The van der Waals surface area contributed by atoms with Gasteiger partial charge in [-0.25, -0.2) is 0 Å². The second-order valence-electron chi connectivity index (χ2n) is 3.77. The molecule has 0 aliphatic rings. The van der Waals surface area contributed by atoms with Crippen molar-refractivity contribution in [2.75, 3.05) is 5.75 Å². The van der Waals surface area contributed by atoms with Crippen molar-refractivity contribution < 1.29 is 0 Å². The van der Waals surface area contributed by atoms with E-state index in [0.29, 0.717) is 11.3 Å². The molecule has 1 nitrogen and oxygen atoms in total. The lowest BCUT2D eigenvalue weighted by Crippen LogP contribution is -2.25. The summed E-state index contributed by atoms with van der Waals surface area (Å²) in [5.74, 6) is 1.84. The molecule has 0 aliphatic heterocycles. The molecule has 2 heteroatoms. The number of thioether (sulfide) groups is 1. The lowest BCUT2D eigenvalue weighted by molar-refractivity contribution is 0.524. The van der Waals surface area contributed by atoms with Crippen molar-refractivity contribution in [3.8, 4) is 0 Å². The van der Waals surface area contributed by atoms with E-state index < -0.39 is 0 Å². The zero-order chi connectivity index (χ0) is 8.85. The molecule has 0 aliphatic carbocycles. The van der Waals surface area contributed by atoms with Crippen molar-refractivity contribution in [2.24, 2.45) is 11.7 Å². The van der Waals surface area contributed by atoms with E-state index in [4.69, 9.17) is 5.73 Å². The molecule has 0 aromatic rings. The Morgan fingerprint density at radius 3 is 2.09 bits per heavy atom. The number of hydrogen-bond donors (Lipinski definition) is 1. The zero-order valence-electron chi connectivity index (χ0n) is 8.13. The third-order valence-electron chi connectivity index (χ3n) is 1.42. The summed E-state index contributed by atoms with van der Waals surface area (Å²) in [4.78, 5) is 0. The van der Waals surface area contributed by atoms with Crippen LogP contribution < -0.4 is 5.73 Å². The first-order valence-electron chi connectivity index (χ1n) is 4.39. The van der Waals surface area contributed by atoms with Gasteiger partial charge in [-0.05, 0) is 17.6 Å². The molecular formula is C9H21NS. The van der Waals surface area contributed by atoms with Gasteiger partial charge in [0, 0.05) is 11.8 Å². The van der Waals surface area contributed by atoms with Gasteiger partial charge in [-0.15, -0.1) is 0 Å². The first-order chi connectivity index (χ1) is 5.02. The van der Waals surface area contributed by atoms with Gasteiger partial charge >= 0.3 is 0 Å². The Balaban J connectivity index is 3.29. The Morgan fingerprint density at radius 1 is 1.18 bits per heavy atom. The van der Waals surface area contributed by atoms with Gasteiger partial charge in [0.25, 0.3) is 0 Å². The van der Waals surface area contributed by atoms with E-state index >= 15 is 0 Å². The van der Waals surface area contributed by atoms with Crippen LogP contribution in [0.25, 0.3) is 0 Å². The topological polar surface area (TPSA) is 26.0 Å². The summed E-state index contributed by atoms with van der Waals surface area (Å²) in [6.45, 7) is 8.87. The van der Waals surface area contributed by atoms with Crippen molar-refractivity contribution >= 4 is 11.8 Å². The van der Waals surface area contributed by atoms with E-state index in [-0.39, 0.29) is 0 Å². The molecule has 0 aromatic carbocycles. The summed E-state index contributed by atoms with van der Waals surface area (Å²) in [5.41, 5.74) is 5.90. The fourth-order valence-corrected chi connectivity index (χ4v) is 1.76. The van der Waals surface area contributed by atoms with Crippen molar-refractivity contribution in [3.05, 3.63) is 0 Å². The molecule has 68 valence electrons. The number of rotatable bonds is 5. The van der Waals surface area contributed by atoms with Crippen LogP contribution in [-0.4, -0.2) is 17.0 Å². The van der Waals surface area contributed by atoms with Gasteiger partial charge in [0.2, 0.25) is 0 Å². The molecule has 0 saturated carbocycles. The molecule has 0 aromatic heterocycles. The monoisotopic (exact) mass is 175 g/mol. The predicted octanol–water partition coefficient (Wildman–Crippen LogP) is 2.50. The maximum Gasteiger partial charge on any atom is 0.0132 e. The lowest BCUT2D eigenvalue weighted by Gasteiger charge is -2.14. The average Bonchev–Trinajstić information content (AvgIpc) is 1.82. The van der Waals surface area contributed by atoms with E-state index in [1.165, 1.54) is 0 Å². The molecule has 0 rings (SSSR count). The fourth-order valence-electron chi connectivity index (χ4n) is 0.990. The summed E-state index contributed by atoms with van der Waals surface area (Å²) in [6, 6.07) is 0.391. The predicted molar refractivity (Wildman–Crippen MR) is 55.0 cm³/mol. The number of nitrogens with two attached hydrogens (primary N) is 1. The summed E-state index contributed by atoms with van der Waals surface area (Å²) < 4.78 is 0. The molecule has 0 radical (unpaired) electrons. The Morgan fingerprint density at radius 2 is 1.73 bits per heavy atom. The summed E-state index contributed by atoms with van der Waals surface area (Å²) in [6.07, 6.45) is 1.15. The highest BCUT2D eigenvalue weighted by molar-refractivity contribution is 7.99. The van der Waals surface area contributed by atoms with E-state index in [9.17, 15) is 0 Å². The van der Waals surface area contributed by atoms with Crippen LogP contribution in [0.4, 0.5) is 0 Å². The van der Waals surface area contributed by atoms with E-state index in [1.807, 2.05) is 11.8 Å². The van der Waals surface area contributed by atoms with Crippen LogP contribution in [0.15, 0.2) is 0 Å². The molecule has 0 fully saturated rings. The SMILES string of the molecule is CC(C)CC(N)CSC(C)C. The highest BCUT2D eigenvalue weighted by atomic mass is 32.2. The highest BCUT2D eigenvalue weighted by Crippen LogP contribution is 2.13. The Labute approximate surface area is 75.1 Å². The van der Waals surface area contributed by atoms with Gasteiger partial charge in [-0.1, -0.05) is 27.7 Å². The molecule has 1 atom stereocenters. The van der Waals surface area contributed by atoms with E-state index in [1.54, 1.807) is 0 Å². The van der Waals surface area contributed by atoms with Crippen LogP contribution in [0.2, 0.25) is 0 Å². The first-order valence-corrected chi connectivity index (χ1v) is 5.44. The molecule has 11 heavy (non-hydrogen) atoms.